The second-order valence-corrected chi connectivity index (χ2v) is 7.49. The van der Waals surface area contributed by atoms with Crippen LogP contribution in [0.2, 0.25) is 0 Å². The minimum absolute atomic E-state index is 0.507. The fourth-order valence-electron chi connectivity index (χ4n) is 4.83. The molecule has 3 heteroatoms. The average molecular weight is 294 g/mol. The van der Waals surface area contributed by atoms with Gasteiger partial charge >= 0.3 is 0 Å². The molecule has 0 aromatic heterocycles. The van der Waals surface area contributed by atoms with Crippen LogP contribution in [-0.4, -0.2) is 49.8 Å². The smallest absolute Gasteiger partial charge is 0.0586 e. The molecular weight excluding hydrogens is 260 g/mol. The zero-order chi connectivity index (χ0) is 14.5. The number of hydrogen-bond donors (Lipinski definition) is 1. The molecule has 3 aliphatic rings. The van der Waals surface area contributed by atoms with Crippen LogP contribution in [0.3, 0.4) is 0 Å². The van der Waals surface area contributed by atoms with E-state index < -0.39 is 0 Å². The Morgan fingerprint density at radius 2 is 1.81 bits per heavy atom. The van der Waals surface area contributed by atoms with Crippen molar-refractivity contribution in [3.05, 3.63) is 0 Å². The lowest BCUT2D eigenvalue weighted by Gasteiger charge is -2.39. The van der Waals surface area contributed by atoms with Crippen LogP contribution in [0.1, 0.15) is 64.2 Å². The van der Waals surface area contributed by atoms with Gasteiger partial charge in [-0.15, -0.1) is 0 Å². The van der Waals surface area contributed by atoms with E-state index in [4.69, 9.17) is 4.74 Å². The standard InChI is InChI=1S/C18H34N2O/c1-21-17-10-5-9-16(13-17)20-12-6-11-19-18(14-20)15-7-3-2-4-8-15/h15-19H,2-14H2,1H3. The summed E-state index contributed by atoms with van der Waals surface area (Å²) in [7, 11) is 1.89. The molecule has 0 aromatic carbocycles. The molecule has 2 saturated carbocycles. The lowest BCUT2D eigenvalue weighted by molar-refractivity contribution is 0.0252. The van der Waals surface area contributed by atoms with E-state index in [-0.39, 0.29) is 0 Å². The van der Waals surface area contributed by atoms with E-state index >= 15 is 0 Å². The summed E-state index contributed by atoms with van der Waals surface area (Å²) in [4.78, 5) is 2.81. The van der Waals surface area contributed by atoms with Crippen LogP contribution >= 0.6 is 0 Å². The Morgan fingerprint density at radius 3 is 2.62 bits per heavy atom. The number of methoxy groups -OCH3 is 1. The van der Waals surface area contributed by atoms with Crippen LogP contribution in [0.25, 0.3) is 0 Å². The topological polar surface area (TPSA) is 24.5 Å². The van der Waals surface area contributed by atoms with E-state index in [9.17, 15) is 0 Å². The quantitative estimate of drug-likeness (QED) is 0.865. The van der Waals surface area contributed by atoms with Crippen LogP contribution in [0.15, 0.2) is 0 Å². The first kappa shape index (κ1) is 15.8. The monoisotopic (exact) mass is 294 g/mol. The van der Waals surface area contributed by atoms with Gasteiger partial charge in [0.1, 0.15) is 0 Å². The van der Waals surface area contributed by atoms with Crippen molar-refractivity contribution in [2.75, 3.05) is 26.7 Å². The van der Waals surface area contributed by atoms with E-state index in [0.29, 0.717) is 6.10 Å². The Hall–Kier alpha value is -0.120. The van der Waals surface area contributed by atoms with Gasteiger partial charge in [0, 0.05) is 25.7 Å². The summed E-state index contributed by atoms with van der Waals surface area (Å²) in [5, 5.41) is 3.87. The van der Waals surface area contributed by atoms with Crippen molar-refractivity contribution in [2.45, 2.75) is 82.4 Å². The first-order valence-corrected chi connectivity index (χ1v) is 9.37. The molecule has 0 spiro atoms. The van der Waals surface area contributed by atoms with Gasteiger partial charge in [-0.05, 0) is 64.0 Å². The molecule has 3 unspecified atom stereocenters. The Bertz CT molecular complexity index is 304. The summed E-state index contributed by atoms with van der Waals surface area (Å²) >= 11 is 0. The highest BCUT2D eigenvalue weighted by atomic mass is 16.5. The number of ether oxygens (including phenoxy) is 1. The van der Waals surface area contributed by atoms with Gasteiger partial charge < -0.3 is 10.1 Å². The summed E-state index contributed by atoms with van der Waals surface area (Å²) in [5.41, 5.74) is 0. The van der Waals surface area contributed by atoms with E-state index in [0.717, 1.165) is 18.0 Å². The minimum Gasteiger partial charge on any atom is -0.381 e. The molecule has 0 bridgehead atoms. The van der Waals surface area contributed by atoms with Crippen LogP contribution in [0.5, 0.6) is 0 Å². The molecule has 122 valence electrons. The Morgan fingerprint density at radius 1 is 0.952 bits per heavy atom. The molecular formula is C18H34N2O. The molecule has 1 saturated heterocycles. The lowest BCUT2D eigenvalue weighted by Crippen LogP contribution is -2.48. The zero-order valence-electron chi connectivity index (χ0n) is 13.9. The molecule has 1 N–H and O–H groups in total. The molecule has 0 aromatic rings. The minimum atomic E-state index is 0.507. The average Bonchev–Trinajstić information content (AvgIpc) is 2.82. The SMILES string of the molecule is COC1CCCC(N2CCCNC(C3CCCCC3)C2)C1. The van der Waals surface area contributed by atoms with Crippen LogP contribution in [0.4, 0.5) is 0 Å². The van der Waals surface area contributed by atoms with Crippen molar-refractivity contribution < 1.29 is 4.74 Å². The normalized spacial score (nSPS) is 37.3. The predicted molar refractivity (Wildman–Crippen MR) is 87.6 cm³/mol. The second kappa shape index (κ2) is 7.94. The molecule has 1 aliphatic heterocycles. The summed E-state index contributed by atoms with van der Waals surface area (Å²) in [5.74, 6) is 0.932. The van der Waals surface area contributed by atoms with Crippen molar-refractivity contribution in [3.63, 3.8) is 0 Å². The maximum absolute atomic E-state index is 5.64. The van der Waals surface area contributed by atoms with Gasteiger partial charge in [-0.25, -0.2) is 0 Å². The van der Waals surface area contributed by atoms with Gasteiger partial charge in [0.2, 0.25) is 0 Å². The highest BCUT2D eigenvalue weighted by molar-refractivity contribution is 4.89. The lowest BCUT2D eigenvalue weighted by atomic mass is 9.83. The molecule has 21 heavy (non-hydrogen) atoms. The maximum atomic E-state index is 5.64. The number of nitrogens with one attached hydrogen (secondary N) is 1. The third kappa shape index (κ3) is 4.20. The summed E-state index contributed by atoms with van der Waals surface area (Å²) in [6.45, 7) is 3.79. The molecule has 1 heterocycles. The van der Waals surface area contributed by atoms with Crippen LogP contribution < -0.4 is 5.32 Å². The predicted octanol–water partition coefficient (Wildman–Crippen LogP) is 3.19. The molecule has 0 radical (unpaired) electrons. The van der Waals surface area contributed by atoms with E-state index in [1.807, 2.05) is 7.11 Å². The van der Waals surface area contributed by atoms with Gasteiger partial charge in [0.15, 0.2) is 0 Å². The largest absolute Gasteiger partial charge is 0.381 e. The third-order valence-electron chi connectivity index (χ3n) is 6.13. The number of nitrogens with zero attached hydrogens (tertiary/aromatic N) is 1. The van der Waals surface area contributed by atoms with Gasteiger partial charge in [-0.3, -0.25) is 4.90 Å². The summed E-state index contributed by atoms with van der Waals surface area (Å²) in [6.07, 6.45) is 14.4. The summed E-state index contributed by atoms with van der Waals surface area (Å²) in [6, 6.07) is 1.52. The first-order chi connectivity index (χ1) is 10.4. The van der Waals surface area contributed by atoms with Crippen LogP contribution in [-0.2, 0) is 4.74 Å². The van der Waals surface area contributed by atoms with Gasteiger partial charge in [-0.2, -0.15) is 0 Å². The maximum Gasteiger partial charge on any atom is 0.0586 e. The highest BCUT2D eigenvalue weighted by Crippen LogP contribution is 2.30. The van der Waals surface area contributed by atoms with E-state index in [1.54, 1.807) is 0 Å². The Balaban J connectivity index is 1.58. The van der Waals surface area contributed by atoms with Crippen LogP contribution in [0, 0.1) is 5.92 Å². The van der Waals surface area contributed by atoms with Crippen molar-refractivity contribution in [3.8, 4) is 0 Å². The molecule has 2 aliphatic carbocycles. The van der Waals surface area contributed by atoms with E-state index in [2.05, 4.69) is 10.2 Å². The van der Waals surface area contributed by atoms with Crippen molar-refractivity contribution in [1.29, 1.82) is 0 Å². The molecule has 3 rings (SSSR count). The molecule has 3 atom stereocenters. The fourth-order valence-corrected chi connectivity index (χ4v) is 4.83. The van der Waals surface area contributed by atoms with Crippen molar-refractivity contribution in [1.82, 2.24) is 10.2 Å². The first-order valence-electron chi connectivity index (χ1n) is 9.37. The van der Waals surface area contributed by atoms with Crippen molar-refractivity contribution in [2.24, 2.45) is 5.92 Å². The fraction of sp³-hybridized carbons (Fsp3) is 1.00. The highest BCUT2D eigenvalue weighted by Gasteiger charge is 2.32. The van der Waals surface area contributed by atoms with Crippen molar-refractivity contribution >= 4 is 0 Å². The molecule has 3 fully saturated rings. The van der Waals surface area contributed by atoms with E-state index in [1.165, 1.54) is 83.8 Å². The molecule has 3 nitrogen and oxygen atoms in total. The number of rotatable bonds is 3. The Kier molecular flexibility index (Phi) is 5.96. The Labute approximate surface area is 130 Å². The van der Waals surface area contributed by atoms with Gasteiger partial charge in [0.25, 0.3) is 0 Å². The van der Waals surface area contributed by atoms with Gasteiger partial charge in [-0.1, -0.05) is 19.3 Å². The second-order valence-electron chi connectivity index (χ2n) is 7.49. The van der Waals surface area contributed by atoms with Gasteiger partial charge in [0.05, 0.1) is 6.10 Å². The molecule has 0 amide bonds. The zero-order valence-corrected chi connectivity index (χ0v) is 13.9. The summed E-state index contributed by atoms with van der Waals surface area (Å²) < 4.78 is 5.64. The number of hydrogen-bond acceptors (Lipinski definition) is 3. The third-order valence-corrected chi connectivity index (χ3v) is 6.13.